The maximum Gasteiger partial charge on any atom is 0.169 e. The first-order valence-corrected chi connectivity index (χ1v) is 15.8. The van der Waals surface area contributed by atoms with Gasteiger partial charge in [-0.05, 0) is 72.8 Å². The monoisotopic (exact) mass is 690 g/mol. The maximum absolute atomic E-state index is 15.4. The lowest BCUT2D eigenvalue weighted by Gasteiger charge is -2.17. The Kier molecular flexibility index (Phi) is 7.12. The summed E-state index contributed by atoms with van der Waals surface area (Å²) < 4.78 is 0. The molecule has 8 aromatic rings. The van der Waals surface area contributed by atoms with Gasteiger partial charge in [-0.2, -0.15) is 0 Å². The number of nitrogens with one attached hydrogen (secondary N) is 8. The van der Waals surface area contributed by atoms with Gasteiger partial charge in [-0.25, -0.2) is 19.9 Å². The molecule has 0 aliphatic heterocycles. The van der Waals surface area contributed by atoms with Gasteiger partial charge < -0.3 is 42.9 Å². The summed E-state index contributed by atoms with van der Waals surface area (Å²) in [5.74, 6) is -2.24. The van der Waals surface area contributed by atoms with Gasteiger partial charge in [0.2, 0.25) is 0 Å². The van der Waals surface area contributed by atoms with Crippen LogP contribution < -0.4 is 22.9 Å². The van der Waals surface area contributed by atoms with Crippen LogP contribution in [0.15, 0.2) is 72.8 Å². The zero-order chi connectivity index (χ0) is 36.4. The molecule has 4 aromatic heterocycles. The summed E-state index contributed by atoms with van der Waals surface area (Å²) in [7, 11) is 0. The highest BCUT2D eigenvalue weighted by molar-refractivity contribution is 6.02. The van der Waals surface area contributed by atoms with Crippen molar-refractivity contribution in [2.45, 2.75) is 11.8 Å². The predicted octanol–water partition coefficient (Wildman–Crippen LogP) is 2.86. The highest BCUT2D eigenvalue weighted by Crippen LogP contribution is 2.35. The number of nitrogen functional groups attached to an aromatic ring is 4. The third kappa shape index (κ3) is 5.34. The Morgan fingerprint density at radius 3 is 0.885 bits per heavy atom. The molecule has 256 valence electrons. The van der Waals surface area contributed by atoms with Crippen LogP contribution in [0.5, 0.6) is 0 Å². The van der Waals surface area contributed by atoms with E-state index in [4.69, 9.17) is 64.5 Å². The summed E-state index contributed by atoms with van der Waals surface area (Å²) in [4.78, 5) is 47.7. The summed E-state index contributed by atoms with van der Waals surface area (Å²) in [6, 6.07) is 20.3. The van der Waals surface area contributed by atoms with E-state index in [0.29, 0.717) is 66.4 Å². The van der Waals surface area contributed by atoms with Gasteiger partial charge in [0.15, 0.2) is 5.78 Å². The standard InChI is InChI=1S/C35H30N16O/c36-28(37)13-1-5-17-21(9-13)48-32(44-17)25(33-45-18-6-2-14(29(38)39)10-22(18)49-33)27(52)26(34-46-19-7-3-15(30(40)41)11-23(19)50-34)35-47-20-8-4-16(31(42)43)12-24(20)51-35/h1-12,25-26H,(H3,36,37)(H3,38,39)(H3,40,41)(H3,42,43)(H,44,48)(H,45,49)(H,46,50)(H,47,51). The minimum Gasteiger partial charge on any atom is -0.384 e. The first-order valence-electron chi connectivity index (χ1n) is 15.8. The largest absolute Gasteiger partial charge is 0.384 e. The fourth-order valence-corrected chi connectivity index (χ4v) is 6.30. The van der Waals surface area contributed by atoms with Gasteiger partial charge in [0.1, 0.15) is 58.5 Å². The van der Waals surface area contributed by atoms with E-state index in [1.54, 1.807) is 72.8 Å². The summed E-state index contributed by atoms with van der Waals surface area (Å²) in [6.07, 6.45) is 0. The molecule has 0 saturated heterocycles. The summed E-state index contributed by atoms with van der Waals surface area (Å²) in [5.41, 5.74) is 29.3. The molecule has 0 radical (unpaired) electrons. The van der Waals surface area contributed by atoms with E-state index >= 15 is 4.79 Å². The average Bonchev–Trinajstić information content (AvgIpc) is 3.91. The minimum absolute atomic E-state index is 0.125. The lowest BCUT2D eigenvalue weighted by atomic mass is 9.90. The summed E-state index contributed by atoms with van der Waals surface area (Å²) in [5, 5.41) is 31.7. The number of nitrogens with two attached hydrogens (primary N) is 4. The van der Waals surface area contributed by atoms with Gasteiger partial charge >= 0.3 is 0 Å². The molecule has 0 saturated carbocycles. The molecule has 4 aromatic carbocycles. The van der Waals surface area contributed by atoms with Gasteiger partial charge in [-0.3, -0.25) is 26.4 Å². The molecular weight excluding hydrogens is 660 g/mol. The smallest absolute Gasteiger partial charge is 0.169 e. The van der Waals surface area contributed by atoms with E-state index in [0.717, 1.165) is 0 Å². The third-order valence-electron chi connectivity index (χ3n) is 8.91. The van der Waals surface area contributed by atoms with Gasteiger partial charge in [-0.1, -0.05) is 0 Å². The first kappa shape index (κ1) is 31.6. The zero-order valence-electron chi connectivity index (χ0n) is 27.1. The number of ketones is 1. The molecule has 0 amide bonds. The number of benzene rings is 4. The van der Waals surface area contributed by atoms with Crippen LogP contribution in [0.4, 0.5) is 0 Å². The number of hydrogen-bond acceptors (Lipinski definition) is 9. The number of carbonyl (C=O) groups is 1. The number of rotatable bonds is 10. The van der Waals surface area contributed by atoms with E-state index in [2.05, 4.69) is 19.9 Å². The number of hydrogen-bond donors (Lipinski definition) is 12. The number of fused-ring (bicyclic) bond motifs is 4. The van der Waals surface area contributed by atoms with E-state index in [1.807, 2.05) is 0 Å². The maximum atomic E-state index is 15.4. The third-order valence-corrected chi connectivity index (χ3v) is 8.91. The number of H-pyrrole nitrogens is 4. The van der Waals surface area contributed by atoms with Crippen molar-refractivity contribution in [1.29, 1.82) is 21.6 Å². The molecule has 16 N–H and O–H groups in total. The summed E-state index contributed by atoms with van der Waals surface area (Å²) in [6.45, 7) is 0. The van der Waals surface area contributed by atoms with Crippen LogP contribution in [0.2, 0.25) is 0 Å². The second-order valence-electron chi connectivity index (χ2n) is 12.3. The normalized spacial score (nSPS) is 12.8. The first-order chi connectivity index (χ1) is 24.9. The highest BCUT2D eigenvalue weighted by Gasteiger charge is 2.39. The van der Waals surface area contributed by atoms with Crippen LogP contribution in [0, 0.1) is 21.6 Å². The number of amidine groups is 4. The number of carbonyl (C=O) groups excluding carboxylic acids is 1. The van der Waals surface area contributed by atoms with Crippen LogP contribution in [-0.4, -0.2) is 69.0 Å². The van der Waals surface area contributed by atoms with E-state index < -0.39 is 17.6 Å². The number of imidazole rings is 4. The van der Waals surface area contributed by atoms with Crippen molar-refractivity contribution in [2.24, 2.45) is 22.9 Å². The minimum atomic E-state index is -1.16. The van der Waals surface area contributed by atoms with Crippen molar-refractivity contribution in [1.82, 2.24) is 39.9 Å². The Balaban J connectivity index is 1.35. The Bertz CT molecular complexity index is 2440. The van der Waals surface area contributed by atoms with Crippen LogP contribution in [0.1, 0.15) is 57.4 Å². The molecule has 17 nitrogen and oxygen atoms in total. The molecule has 0 fully saturated rings. The predicted molar refractivity (Wildman–Crippen MR) is 197 cm³/mol. The quantitative estimate of drug-likeness (QED) is 0.0740. The number of Topliss-reactive ketones (excluding diaryl/α,β-unsaturated/α-hetero) is 1. The van der Waals surface area contributed by atoms with E-state index in [-0.39, 0.29) is 46.6 Å². The van der Waals surface area contributed by atoms with Gasteiger partial charge in [0, 0.05) is 22.3 Å². The second kappa shape index (κ2) is 11.7. The van der Waals surface area contributed by atoms with Crippen LogP contribution in [0.3, 0.4) is 0 Å². The second-order valence-corrected chi connectivity index (χ2v) is 12.3. The lowest BCUT2D eigenvalue weighted by Crippen LogP contribution is -2.26. The van der Waals surface area contributed by atoms with E-state index in [1.165, 1.54) is 0 Å². The Labute approximate surface area is 292 Å². The molecule has 0 bridgehead atoms. The van der Waals surface area contributed by atoms with Crippen LogP contribution >= 0.6 is 0 Å². The van der Waals surface area contributed by atoms with Crippen molar-refractivity contribution in [3.05, 3.63) is 118 Å². The molecule has 52 heavy (non-hydrogen) atoms. The van der Waals surface area contributed by atoms with Crippen molar-refractivity contribution in [3.8, 4) is 0 Å². The van der Waals surface area contributed by atoms with Crippen molar-refractivity contribution in [3.63, 3.8) is 0 Å². The van der Waals surface area contributed by atoms with Gasteiger partial charge in [0.25, 0.3) is 0 Å². The zero-order valence-corrected chi connectivity index (χ0v) is 27.1. The molecule has 0 unspecified atom stereocenters. The van der Waals surface area contributed by atoms with Crippen LogP contribution in [0.25, 0.3) is 44.1 Å². The Morgan fingerprint density at radius 2 is 0.673 bits per heavy atom. The molecular formula is C35H30N16O. The van der Waals surface area contributed by atoms with Crippen molar-refractivity contribution >= 4 is 73.3 Å². The van der Waals surface area contributed by atoms with Gasteiger partial charge in [-0.15, -0.1) is 0 Å². The Hall–Kier alpha value is -7.69. The molecule has 0 atom stereocenters. The van der Waals surface area contributed by atoms with Crippen molar-refractivity contribution < 1.29 is 4.79 Å². The fourth-order valence-electron chi connectivity index (χ4n) is 6.30. The lowest BCUT2D eigenvalue weighted by molar-refractivity contribution is -0.120. The molecule has 4 heterocycles. The number of nitrogens with zero attached hydrogens (tertiary/aromatic N) is 4. The van der Waals surface area contributed by atoms with Crippen molar-refractivity contribution in [2.75, 3.05) is 0 Å². The molecule has 0 aliphatic carbocycles. The topological polar surface area (TPSA) is 331 Å². The SMILES string of the molecule is N=C(N)c1ccc2nc(C(C(=O)C(c3nc4ccc(C(=N)N)cc4[nH]3)c3nc4ccc(C(=N)N)cc4[nH]3)c3nc4ccc(C(=N)N)cc4[nH]3)[nH]c2c1. The van der Waals surface area contributed by atoms with Crippen LogP contribution in [-0.2, 0) is 4.79 Å². The number of aromatic nitrogens is 8. The molecule has 0 spiro atoms. The molecule has 8 rings (SSSR count). The Morgan fingerprint density at radius 1 is 0.442 bits per heavy atom. The molecule has 17 heteroatoms. The molecule has 0 aliphatic rings. The number of aromatic amines is 4. The van der Waals surface area contributed by atoms with E-state index in [9.17, 15) is 0 Å². The van der Waals surface area contributed by atoms with Gasteiger partial charge in [0.05, 0.1) is 44.1 Å². The summed E-state index contributed by atoms with van der Waals surface area (Å²) >= 11 is 0. The average molecular weight is 691 g/mol. The fraction of sp³-hybridized carbons (Fsp3) is 0.0571. The highest BCUT2D eigenvalue weighted by atomic mass is 16.1.